The Morgan fingerprint density at radius 1 is 1.02 bits per heavy atom. The van der Waals surface area contributed by atoms with Crippen LogP contribution in [0, 0.1) is 0 Å². The molecule has 8 heteroatoms. The number of nitrogens with one attached hydrogen (secondary N) is 1. The van der Waals surface area contributed by atoms with Crippen molar-refractivity contribution in [3.8, 4) is 0 Å². The molecule has 0 aromatic heterocycles. The Morgan fingerprint density at radius 3 is 2.48 bits per heavy atom. The van der Waals surface area contributed by atoms with Crippen LogP contribution in [0.1, 0.15) is 37.8 Å². The van der Waals surface area contributed by atoms with Gasteiger partial charge in [0.05, 0.1) is 6.04 Å². The fourth-order valence-corrected chi connectivity index (χ4v) is 5.68. The number of nitrogens with two attached hydrogens (primary N) is 2. The van der Waals surface area contributed by atoms with Crippen molar-refractivity contribution in [1.82, 2.24) is 15.1 Å². The molecule has 5 N–H and O–H groups in total. The number of carbonyl (C=O) groups excluding carboxylic acids is 1. The van der Waals surface area contributed by atoms with Gasteiger partial charge < -0.3 is 21.7 Å². The summed E-state index contributed by atoms with van der Waals surface area (Å²) in [5, 5.41) is 6.76. The summed E-state index contributed by atoms with van der Waals surface area (Å²) >= 11 is 6.10. The van der Waals surface area contributed by atoms with E-state index < -0.39 is 0 Å². The molecular weight excluding hydrogens is 520 g/mol. The number of hydrogen-bond acceptors (Lipinski definition) is 4. The van der Waals surface area contributed by atoms with Crippen LogP contribution in [-0.2, 0) is 17.6 Å². The molecule has 3 aromatic carbocycles. The van der Waals surface area contributed by atoms with Crippen LogP contribution < -0.4 is 16.8 Å². The molecule has 214 valence electrons. The molecule has 0 aliphatic carbocycles. The molecule has 0 saturated carbocycles. The fraction of sp³-hybridized carbons (Fsp3) is 0.438. The Hall–Kier alpha value is -3.13. The molecule has 7 nitrogen and oxygen atoms in total. The molecule has 0 radical (unpaired) electrons. The molecular formula is C32H43ClN6O. The summed E-state index contributed by atoms with van der Waals surface area (Å²) in [6, 6.07) is 23.0. The lowest BCUT2D eigenvalue weighted by Crippen LogP contribution is -2.60. The first-order valence-electron chi connectivity index (χ1n) is 14.3. The van der Waals surface area contributed by atoms with Crippen LogP contribution in [0.2, 0.25) is 5.02 Å². The predicted molar refractivity (Wildman–Crippen MR) is 167 cm³/mol. The summed E-state index contributed by atoms with van der Waals surface area (Å²) in [5.41, 5.74) is 13.5. The third-order valence-corrected chi connectivity index (χ3v) is 7.81. The van der Waals surface area contributed by atoms with Crippen molar-refractivity contribution in [3.05, 3.63) is 82.9 Å². The molecule has 1 aliphatic heterocycles. The van der Waals surface area contributed by atoms with Crippen molar-refractivity contribution in [2.45, 2.75) is 57.7 Å². The minimum atomic E-state index is -0.300. The topological polar surface area (TPSA) is 100.0 Å². The van der Waals surface area contributed by atoms with E-state index in [0.29, 0.717) is 24.5 Å². The maximum absolute atomic E-state index is 14.0. The summed E-state index contributed by atoms with van der Waals surface area (Å²) in [4.78, 5) is 22.8. The fourth-order valence-electron chi connectivity index (χ4n) is 5.55. The van der Waals surface area contributed by atoms with Crippen LogP contribution in [0.5, 0.6) is 0 Å². The molecule has 1 saturated heterocycles. The Labute approximate surface area is 243 Å². The van der Waals surface area contributed by atoms with Crippen molar-refractivity contribution in [2.75, 3.05) is 32.7 Å². The quantitative estimate of drug-likeness (QED) is 0.174. The second-order valence-electron chi connectivity index (χ2n) is 11.1. The van der Waals surface area contributed by atoms with Crippen molar-refractivity contribution >= 4 is 34.2 Å². The van der Waals surface area contributed by atoms with Gasteiger partial charge in [0, 0.05) is 49.8 Å². The number of amides is 1. The molecule has 40 heavy (non-hydrogen) atoms. The molecule has 4 rings (SSSR count). The minimum absolute atomic E-state index is 0.105. The largest absolute Gasteiger partial charge is 0.370 e. The van der Waals surface area contributed by atoms with Gasteiger partial charge in [0.1, 0.15) is 0 Å². The molecule has 3 aromatic rings. The molecule has 0 spiro atoms. The average Bonchev–Trinajstić information content (AvgIpc) is 2.94. The second-order valence-corrected chi connectivity index (χ2v) is 11.5. The second kappa shape index (κ2) is 14.5. The Bertz CT molecular complexity index is 1270. The van der Waals surface area contributed by atoms with E-state index in [0.717, 1.165) is 44.5 Å². The van der Waals surface area contributed by atoms with E-state index in [9.17, 15) is 4.79 Å². The minimum Gasteiger partial charge on any atom is -0.370 e. The van der Waals surface area contributed by atoms with E-state index in [1.807, 2.05) is 24.3 Å². The number of benzene rings is 3. The van der Waals surface area contributed by atoms with Gasteiger partial charge in [-0.1, -0.05) is 80.0 Å². The number of rotatable bonds is 12. The van der Waals surface area contributed by atoms with Gasteiger partial charge in [-0.25, -0.2) is 0 Å². The molecule has 2 atom stereocenters. The zero-order valence-corrected chi connectivity index (χ0v) is 24.5. The molecule has 1 heterocycles. The highest BCUT2D eigenvalue weighted by atomic mass is 35.5. The normalized spacial score (nSPS) is 16.8. The number of guanidine groups is 1. The maximum Gasteiger partial charge on any atom is 0.240 e. The smallest absolute Gasteiger partial charge is 0.240 e. The first-order chi connectivity index (χ1) is 19.3. The highest BCUT2D eigenvalue weighted by Gasteiger charge is 2.34. The number of piperazine rings is 1. The van der Waals surface area contributed by atoms with Crippen molar-refractivity contribution in [2.24, 2.45) is 16.5 Å². The van der Waals surface area contributed by atoms with E-state index in [1.165, 1.54) is 16.3 Å². The van der Waals surface area contributed by atoms with Crippen LogP contribution >= 0.6 is 11.6 Å². The van der Waals surface area contributed by atoms with E-state index in [-0.39, 0.29) is 30.0 Å². The van der Waals surface area contributed by atoms with Gasteiger partial charge in [-0.3, -0.25) is 14.7 Å². The predicted octanol–water partition coefficient (Wildman–Crippen LogP) is 4.21. The van der Waals surface area contributed by atoms with Gasteiger partial charge in [0.15, 0.2) is 5.96 Å². The molecule has 0 bridgehead atoms. The summed E-state index contributed by atoms with van der Waals surface area (Å²) in [6.07, 6.45) is 3.28. The lowest BCUT2D eigenvalue weighted by Gasteiger charge is -2.43. The summed E-state index contributed by atoms with van der Waals surface area (Å²) in [7, 11) is 0. The van der Waals surface area contributed by atoms with E-state index in [4.69, 9.17) is 23.1 Å². The third kappa shape index (κ3) is 8.68. The van der Waals surface area contributed by atoms with Gasteiger partial charge in [-0.15, -0.1) is 0 Å². The van der Waals surface area contributed by atoms with Crippen LogP contribution in [0.4, 0.5) is 0 Å². The number of carbonyl (C=O) groups is 1. The third-order valence-electron chi connectivity index (χ3n) is 7.56. The van der Waals surface area contributed by atoms with Gasteiger partial charge in [-0.2, -0.15) is 0 Å². The highest BCUT2D eigenvalue weighted by molar-refractivity contribution is 6.30. The number of hydrogen-bond donors (Lipinski definition) is 3. The SMILES string of the molecule is CC(C)N[C@H](Cc1ccc(Cl)cc1)C(=O)N1CCN(CCc2ccc3ccccc3c2)CC1CCCN=C(N)N. The lowest BCUT2D eigenvalue weighted by atomic mass is 10.00. The summed E-state index contributed by atoms with van der Waals surface area (Å²) in [6.45, 7) is 8.11. The first-order valence-corrected chi connectivity index (χ1v) is 14.7. The zero-order chi connectivity index (χ0) is 28.5. The highest BCUT2D eigenvalue weighted by Crippen LogP contribution is 2.20. The summed E-state index contributed by atoms with van der Waals surface area (Å²) in [5.74, 6) is 0.266. The maximum atomic E-state index is 14.0. The Morgan fingerprint density at radius 2 is 1.75 bits per heavy atom. The number of halogens is 1. The van der Waals surface area contributed by atoms with Crippen LogP contribution in [0.15, 0.2) is 71.7 Å². The van der Waals surface area contributed by atoms with Gasteiger partial charge in [0.2, 0.25) is 5.91 Å². The Balaban J connectivity index is 1.44. The molecule has 1 fully saturated rings. The van der Waals surface area contributed by atoms with Gasteiger partial charge in [-0.05, 0) is 59.7 Å². The first kappa shape index (κ1) is 29.8. The lowest BCUT2D eigenvalue weighted by molar-refractivity contribution is -0.139. The molecule has 1 unspecified atom stereocenters. The van der Waals surface area contributed by atoms with Crippen molar-refractivity contribution < 1.29 is 4.79 Å². The van der Waals surface area contributed by atoms with Crippen molar-refractivity contribution in [1.29, 1.82) is 0 Å². The van der Waals surface area contributed by atoms with E-state index >= 15 is 0 Å². The average molecular weight is 563 g/mol. The molecule has 1 amide bonds. The number of nitrogens with zero attached hydrogens (tertiary/aromatic N) is 3. The van der Waals surface area contributed by atoms with E-state index in [2.05, 4.69) is 76.4 Å². The molecule has 1 aliphatic rings. The van der Waals surface area contributed by atoms with Crippen LogP contribution in [-0.4, -0.2) is 72.5 Å². The van der Waals surface area contributed by atoms with Crippen LogP contribution in [0.3, 0.4) is 0 Å². The van der Waals surface area contributed by atoms with E-state index in [1.54, 1.807) is 0 Å². The van der Waals surface area contributed by atoms with Crippen LogP contribution in [0.25, 0.3) is 10.8 Å². The Kier molecular flexibility index (Phi) is 10.8. The van der Waals surface area contributed by atoms with Gasteiger partial charge in [0.25, 0.3) is 0 Å². The van der Waals surface area contributed by atoms with Crippen molar-refractivity contribution in [3.63, 3.8) is 0 Å². The number of aliphatic imine (C=N–C) groups is 1. The zero-order valence-electron chi connectivity index (χ0n) is 23.7. The van der Waals surface area contributed by atoms with Gasteiger partial charge >= 0.3 is 0 Å². The standard InChI is InChI=1S/C32H43ClN6O/c1-23(2)37-30(21-24-10-13-28(33)14-11-24)31(40)39-19-18-38(22-29(39)8-5-16-36-32(34)35)17-15-25-9-12-26-6-3-4-7-27(26)20-25/h3-4,6-7,9-14,20,23,29-30,37H,5,8,15-19,21-22H2,1-2H3,(H4,34,35,36)/t29?,30-/m1/s1. The summed E-state index contributed by atoms with van der Waals surface area (Å²) < 4.78 is 0. The number of fused-ring (bicyclic) bond motifs is 1. The monoisotopic (exact) mass is 562 g/mol.